The van der Waals surface area contributed by atoms with Crippen LogP contribution in [-0.2, 0) is 11.2 Å². The molecule has 0 fully saturated rings. The van der Waals surface area contributed by atoms with Gasteiger partial charge in [-0.1, -0.05) is 6.07 Å². The van der Waals surface area contributed by atoms with E-state index in [1.165, 1.54) is 0 Å². The van der Waals surface area contributed by atoms with Crippen LogP contribution < -0.4 is 14.2 Å². The Hall–Kier alpha value is -2.69. The van der Waals surface area contributed by atoms with E-state index in [1.54, 1.807) is 38.5 Å². The minimum absolute atomic E-state index is 0.169. The summed E-state index contributed by atoms with van der Waals surface area (Å²) in [5.41, 5.74) is 2.90. The molecule has 0 heterocycles. The molecule has 0 aliphatic heterocycles. The molecule has 2 aromatic rings. The fourth-order valence-electron chi connectivity index (χ4n) is 2.37. The summed E-state index contributed by atoms with van der Waals surface area (Å²) in [4.78, 5) is 11.6. The van der Waals surface area contributed by atoms with Gasteiger partial charge in [-0.2, -0.15) is 0 Å². The van der Waals surface area contributed by atoms with Crippen molar-refractivity contribution in [2.24, 2.45) is 0 Å². The van der Waals surface area contributed by atoms with Gasteiger partial charge in [0.1, 0.15) is 17.2 Å². The van der Waals surface area contributed by atoms with Crippen molar-refractivity contribution >= 4 is 5.97 Å². The molecule has 128 valence electrons. The highest BCUT2D eigenvalue weighted by atomic mass is 16.5. The monoisotopic (exact) mass is 330 g/mol. The summed E-state index contributed by atoms with van der Waals surface area (Å²) in [5, 5.41) is 9.51. The second-order valence-electron chi connectivity index (χ2n) is 5.57. The number of aryl methyl sites for hydroxylation is 2. The van der Waals surface area contributed by atoms with E-state index in [-0.39, 0.29) is 6.42 Å². The van der Waals surface area contributed by atoms with Crippen molar-refractivity contribution in [1.82, 2.24) is 0 Å². The van der Waals surface area contributed by atoms with Crippen LogP contribution in [0.3, 0.4) is 0 Å². The largest absolute Gasteiger partial charge is 0.497 e. The molecule has 2 aromatic carbocycles. The van der Waals surface area contributed by atoms with Crippen molar-refractivity contribution in [3.05, 3.63) is 53.1 Å². The molecule has 5 nitrogen and oxygen atoms in total. The molecule has 0 bridgehead atoms. The lowest BCUT2D eigenvalue weighted by atomic mass is 10.1. The molecule has 0 radical (unpaired) electrons. The standard InChI is InChI=1S/C19H22O5/c1-12-5-6-16(9-13(12)2)24-18(19(20)21)11-14-10-15(22-3)7-8-17(14)23-4/h5-10,18H,11H2,1-4H3,(H,20,21)/t18-/m1/s1. The number of ether oxygens (including phenoxy) is 3. The number of carbonyl (C=O) groups is 1. The quantitative estimate of drug-likeness (QED) is 0.843. The third kappa shape index (κ3) is 4.19. The second kappa shape index (κ2) is 7.73. The summed E-state index contributed by atoms with van der Waals surface area (Å²) in [6.45, 7) is 3.96. The topological polar surface area (TPSA) is 65.0 Å². The van der Waals surface area contributed by atoms with Crippen LogP contribution in [0.2, 0.25) is 0 Å². The van der Waals surface area contributed by atoms with Gasteiger partial charge in [-0.25, -0.2) is 4.79 Å². The smallest absolute Gasteiger partial charge is 0.345 e. The fraction of sp³-hybridized carbons (Fsp3) is 0.316. The van der Waals surface area contributed by atoms with E-state index < -0.39 is 12.1 Å². The number of carboxylic acid groups (broad SMARTS) is 1. The van der Waals surface area contributed by atoms with Crippen LogP contribution in [0.1, 0.15) is 16.7 Å². The van der Waals surface area contributed by atoms with Crippen LogP contribution in [0, 0.1) is 13.8 Å². The lowest BCUT2D eigenvalue weighted by Crippen LogP contribution is -2.29. The molecule has 1 N–H and O–H groups in total. The maximum absolute atomic E-state index is 11.6. The van der Waals surface area contributed by atoms with Gasteiger partial charge in [-0.3, -0.25) is 0 Å². The molecule has 2 rings (SSSR count). The molecule has 1 atom stereocenters. The Bertz CT molecular complexity index is 724. The van der Waals surface area contributed by atoms with Crippen molar-refractivity contribution in [1.29, 1.82) is 0 Å². The van der Waals surface area contributed by atoms with Gasteiger partial charge in [0, 0.05) is 12.0 Å². The maximum atomic E-state index is 11.6. The van der Waals surface area contributed by atoms with E-state index in [4.69, 9.17) is 14.2 Å². The van der Waals surface area contributed by atoms with Gasteiger partial charge in [0.2, 0.25) is 0 Å². The predicted molar refractivity (Wildman–Crippen MR) is 91.2 cm³/mol. The lowest BCUT2D eigenvalue weighted by molar-refractivity contribution is -0.145. The Morgan fingerprint density at radius 3 is 2.29 bits per heavy atom. The molecule has 24 heavy (non-hydrogen) atoms. The average Bonchev–Trinajstić information content (AvgIpc) is 2.57. The highest BCUT2D eigenvalue weighted by Crippen LogP contribution is 2.26. The highest BCUT2D eigenvalue weighted by Gasteiger charge is 2.22. The Morgan fingerprint density at radius 2 is 1.71 bits per heavy atom. The van der Waals surface area contributed by atoms with Crippen molar-refractivity contribution < 1.29 is 24.1 Å². The summed E-state index contributed by atoms with van der Waals surface area (Å²) in [6, 6.07) is 10.8. The average molecular weight is 330 g/mol. The summed E-state index contributed by atoms with van der Waals surface area (Å²) >= 11 is 0. The third-order valence-electron chi connectivity index (χ3n) is 3.93. The minimum Gasteiger partial charge on any atom is -0.497 e. The van der Waals surface area contributed by atoms with Crippen LogP contribution in [0.15, 0.2) is 36.4 Å². The summed E-state index contributed by atoms with van der Waals surface area (Å²) < 4.78 is 16.2. The van der Waals surface area contributed by atoms with E-state index in [9.17, 15) is 9.90 Å². The van der Waals surface area contributed by atoms with Crippen molar-refractivity contribution in [3.8, 4) is 17.2 Å². The van der Waals surface area contributed by atoms with E-state index in [0.717, 1.165) is 11.1 Å². The first-order chi connectivity index (χ1) is 11.4. The van der Waals surface area contributed by atoms with Crippen LogP contribution in [0.4, 0.5) is 0 Å². The number of hydrogen-bond acceptors (Lipinski definition) is 4. The number of methoxy groups -OCH3 is 2. The summed E-state index contributed by atoms with van der Waals surface area (Å²) in [5.74, 6) is 0.748. The van der Waals surface area contributed by atoms with Crippen LogP contribution in [0.25, 0.3) is 0 Å². The number of benzene rings is 2. The number of rotatable bonds is 7. The number of hydrogen-bond donors (Lipinski definition) is 1. The fourth-order valence-corrected chi connectivity index (χ4v) is 2.37. The zero-order chi connectivity index (χ0) is 17.7. The minimum atomic E-state index is -1.03. The first kappa shape index (κ1) is 17.7. The zero-order valence-corrected chi connectivity index (χ0v) is 14.3. The van der Waals surface area contributed by atoms with Crippen molar-refractivity contribution in [2.45, 2.75) is 26.4 Å². The maximum Gasteiger partial charge on any atom is 0.345 e. The molecule has 5 heteroatoms. The zero-order valence-electron chi connectivity index (χ0n) is 14.3. The molecule has 0 aliphatic carbocycles. The Labute approximate surface area is 141 Å². The first-order valence-corrected chi connectivity index (χ1v) is 7.62. The number of carboxylic acids is 1. The number of aliphatic carboxylic acids is 1. The van der Waals surface area contributed by atoms with E-state index in [0.29, 0.717) is 22.8 Å². The Kier molecular flexibility index (Phi) is 5.68. The van der Waals surface area contributed by atoms with Gasteiger partial charge < -0.3 is 19.3 Å². The van der Waals surface area contributed by atoms with Crippen LogP contribution in [-0.4, -0.2) is 31.4 Å². The van der Waals surface area contributed by atoms with Gasteiger partial charge >= 0.3 is 5.97 Å². The van der Waals surface area contributed by atoms with Gasteiger partial charge in [-0.05, 0) is 55.3 Å². The van der Waals surface area contributed by atoms with Crippen molar-refractivity contribution in [2.75, 3.05) is 14.2 Å². The second-order valence-corrected chi connectivity index (χ2v) is 5.57. The first-order valence-electron chi connectivity index (χ1n) is 7.62. The van der Waals surface area contributed by atoms with Crippen molar-refractivity contribution in [3.63, 3.8) is 0 Å². The van der Waals surface area contributed by atoms with Gasteiger partial charge in [0.15, 0.2) is 6.10 Å². The predicted octanol–water partition coefficient (Wildman–Crippen LogP) is 3.40. The van der Waals surface area contributed by atoms with E-state index in [1.807, 2.05) is 26.0 Å². The molecule has 0 aliphatic rings. The van der Waals surface area contributed by atoms with Gasteiger partial charge in [-0.15, -0.1) is 0 Å². The Balaban J connectivity index is 2.25. The molecule has 0 aromatic heterocycles. The normalized spacial score (nSPS) is 11.7. The summed E-state index contributed by atoms with van der Waals surface area (Å²) in [6.07, 6.45) is -0.851. The SMILES string of the molecule is COc1ccc(OC)c(C[C@@H](Oc2ccc(C)c(C)c2)C(=O)O)c1. The third-order valence-corrected chi connectivity index (χ3v) is 3.93. The molecule has 0 unspecified atom stereocenters. The van der Waals surface area contributed by atoms with Gasteiger partial charge in [0.05, 0.1) is 14.2 Å². The summed E-state index contributed by atoms with van der Waals surface area (Å²) in [7, 11) is 3.11. The highest BCUT2D eigenvalue weighted by molar-refractivity contribution is 5.73. The Morgan fingerprint density at radius 1 is 1.00 bits per heavy atom. The molecule has 0 amide bonds. The molecular weight excluding hydrogens is 308 g/mol. The van der Waals surface area contributed by atoms with Gasteiger partial charge in [0.25, 0.3) is 0 Å². The molecular formula is C19H22O5. The van der Waals surface area contributed by atoms with Crippen LogP contribution in [0.5, 0.6) is 17.2 Å². The van der Waals surface area contributed by atoms with E-state index in [2.05, 4.69) is 0 Å². The molecule has 0 saturated heterocycles. The molecule has 0 spiro atoms. The molecule has 0 saturated carbocycles. The van der Waals surface area contributed by atoms with Crippen LogP contribution >= 0.6 is 0 Å². The van der Waals surface area contributed by atoms with E-state index >= 15 is 0 Å². The lowest BCUT2D eigenvalue weighted by Gasteiger charge is -2.18.